The van der Waals surface area contributed by atoms with Gasteiger partial charge in [-0.1, -0.05) is 6.42 Å². The van der Waals surface area contributed by atoms with Gasteiger partial charge in [0.1, 0.15) is 0 Å². The predicted molar refractivity (Wildman–Crippen MR) is 90.3 cm³/mol. The van der Waals surface area contributed by atoms with E-state index >= 15 is 0 Å². The predicted octanol–water partition coefficient (Wildman–Crippen LogP) is 1.71. The van der Waals surface area contributed by atoms with Gasteiger partial charge < -0.3 is 4.18 Å². The molecule has 2 aliphatic carbocycles. The zero-order valence-corrected chi connectivity index (χ0v) is 15.6. The maximum absolute atomic E-state index is 12.6. The number of rotatable bonds is 6. The van der Waals surface area contributed by atoms with E-state index in [-0.39, 0.29) is 12.5 Å². The summed E-state index contributed by atoms with van der Waals surface area (Å²) in [7, 11) is -7.63. The lowest BCUT2D eigenvalue weighted by molar-refractivity contribution is 0.186. The van der Waals surface area contributed by atoms with Crippen LogP contribution in [-0.4, -0.2) is 50.3 Å². The summed E-state index contributed by atoms with van der Waals surface area (Å²) in [6.07, 6.45) is 6.17. The smallest absolute Gasteiger partial charge is 0.267 e. The van der Waals surface area contributed by atoms with Crippen LogP contribution in [0.2, 0.25) is 0 Å². The lowest BCUT2D eigenvalue weighted by atomic mass is 9.96. The Morgan fingerprint density at radius 3 is 2.30 bits per heavy atom. The average molecular weight is 388 g/mol. The highest BCUT2D eigenvalue weighted by Gasteiger charge is 2.37. The zero-order valence-electron chi connectivity index (χ0n) is 13.2. The van der Waals surface area contributed by atoms with Gasteiger partial charge in [0.15, 0.2) is 0 Å². The highest BCUT2D eigenvalue weighted by molar-refractivity contribution is 7.94. The van der Waals surface area contributed by atoms with Crippen LogP contribution in [0.1, 0.15) is 51.4 Å². The molecule has 0 aromatic heterocycles. The first-order valence-corrected chi connectivity index (χ1v) is 12.1. The van der Waals surface area contributed by atoms with E-state index in [2.05, 4.69) is 4.72 Å². The van der Waals surface area contributed by atoms with Crippen molar-refractivity contribution in [3.63, 3.8) is 0 Å². The molecule has 2 N–H and O–H groups in total. The van der Waals surface area contributed by atoms with Crippen molar-refractivity contribution in [2.75, 3.05) is 6.26 Å². The van der Waals surface area contributed by atoms with Crippen molar-refractivity contribution in [3.8, 4) is 0 Å². The molecule has 0 aliphatic heterocycles. The van der Waals surface area contributed by atoms with E-state index in [0.29, 0.717) is 32.1 Å². The molecule has 2 saturated carbocycles. The van der Waals surface area contributed by atoms with Crippen LogP contribution in [0.25, 0.3) is 0 Å². The van der Waals surface area contributed by atoms with Crippen LogP contribution in [0.3, 0.4) is 0 Å². The monoisotopic (exact) mass is 387 g/mol. The third-order valence-corrected chi connectivity index (χ3v) is 8.33. The van der Waals surface area contributed by atoms with Crippen molar-refractivity contribution >= 4 is 32.2 Å². The van der Waals surface area contributed by atoms with Gasteiger partial charge in [-0.05, 0) is 57.0 Å². The fourth-order valence-corrected chi connectivity index (χ4v) is 6.66. The lowest BCUT2D eigenvalue weighted by Crippen LogP contribution is -2.46. The molecule has 10 heteroatoms. The summed E-state index contributed by atoms with van der Waals surface area (Å²) in [5.41, 5.74) is 0. The largest absolute Gasteiger partial charge is 0.312 e. The first-order valence-electron chi connectivity index (χ1n) is 7.89. The van der Waals surface area contributed by atoms with E-state index in [0.717, 1.165) is 12.8 Å². The van der Waals surface area contributed by atoms with Crippen LogP contribution in [-0.2, 0) is 24.3 Å². The van der Waals surface area contributed by atoms with Gasteiger partial charge >= 0.3 is 0 Å². The first kappa shape index (κ1) is 19.5. The molecule has 0 heterocycles. The van der Waals surface area contributed by atoms with Crippen LogP contribution >= 0.6 is 12.0 Å². The molecule has 2 aliphatic rings. The van der Waals surface area contributed by atoms with E-state index in [9.17, 15) is 21.4 Å². The molecule has 0 aromatic rings. The Bertz CT molecular complexity index is 589. The summed E-state index contributed by atoms with van der Waals surface area (Å²) in [4.78, 5) is 0. The van der Waals surface area contributed by atoms with Gasteiger partial charge in [0.2, 0.25) is 10.0 Å². The Labute approximate surface area is 142 Å². The molecule has 4 atom stereocenters. The molecule has 0 amide bonds. The first-order chi connectivity index (χ1) is 10.7. The third kappa shape index (κ3) is 5.57. The standard InChI is InChI=1S/C13H25NO6S3/c1-21-20-11-5-3-6-12(9-11)22(15,16)14-10-4-2-7-13(8-10)23(17,18)19/h10-14H,2-9H2,1H3,(H,17,18,19). The summed E-state index contributed by atoms with van der Waals surface area (Å²) < 4.78 is 65.0. The van der Waals surface area contributed by atoms with Crippen LogP contribution in [0, 0.1) is 0 Å². The van der Waals surface area contributed by atoms with Crippen LogP contribution < -0.4 is 4.72 Å². The van der Waals surface area contributed by atoms with Crippen molar-refractivity contribution in [2.24, 2.45) is 0 Å². The Hall–Kier alpha value is 0.130. The number of hydrogen-bond acceptors (Lipinski definition) is 6. The minimum absolute atomic E-state index is 0.0581. The quantitative estimate of drug-likeness (QED) is 0.527. The van der Waals surface area contributed by atoms with Gasteiger partial charge in [-0.3, -0.25) is 4.55 Å². The maximum Gasteiger partial charge on any atom is 0.267 e. The van der Waals surface area contributed by atoms with Crippen LogP contribution in [0.15, 0.2) is 0 Å². The average Bonchev–Trinajstić information content (AvgIpc) is 2.47. The normalized spacial score (nSPS) is 33.5. The summed E-state index contributed by atoms with van der Waals surface area (Å²) >= 11 is 1.25. The Kier molecular flexibility index (Phi) is 6.77. The number of sulfonamides is 1. The molecule has 0 radical (unpaired) electrons. The van der Waals surface area contributed by atoms with Gasteiger partial charge in [0.05, 0.1) is 16.6 Å². The Balaban J connectivity index is 1.97. The molecule has 2 fully saturated rings. The van der Waals surface area contributed by atoms with E-state index in [1.165, 1.54) is 12.0 Å². The molecule has 7 nitrogen and oxygen atoms in total. The van der Waals surface area contributed by atoms with E-state index in [4.69, 9.17) is 4.18 Å². The molecule has 0 saturated heterocycles. The molecular weight excluding hydrogens is 362 g/mol. The number of nitrogens with one attached hydrogen (secondary N) is 1. The molecule has 0 bridgehead atoms. The van der Waals surface area contributed by atoms with Gasteiger partial charge in [0.25, 0.3) is 10.1 Å². The van der Waals surface area contributed by atoms with Crippen LogP contribution in [0.5, 0.6) is 0 Å². The molecule has 4 unspecified atom stereocenters. The van der Waals surface area contributed by atoms with E-state index in [1.807, 2.05) is 6.26 Å². The van der Waals surface area contributed by atoms with E-state index < -0.39 is 36.7 Å². The van der Waals surface area contributed by atoms with Gasteiger partial charge in [0, 0.05) is 12.3 Å². The van der Waals surface area contributed by atoms with Crippen LogP contribution in [0.4, 0.5) is 0 Å². The molecule has 2 rings (SSSR count). The summed E-state index contributed by atoms with van der Waals surface area (Å²) in [5.74, 6) is 0. The molecule has 136 valence electrons. The SMILES string of the molecule is CSOC1CCCC(S(=O)(=O)NC2CCCC(S(=O)(=O)O)C2)C1. The Morgan fingerprint density at radius 1 is 1.00 bits per heavy atom. The second kappa shape index (κ2) is 8.01. The topological polar surface area (TPSA) is 110 Å². The molecule has 23 heavy (non-hydrogen) atoms. The Morgan fingerprint density at radius 2 is 1.65 bits per heavy atom. The molecular formula is C13H25NO6S3. The lowest BCUT2D eigenvalue weighted by Gasteiger charge is -2.32. The van der Waals surface area contributed by atoms with Crippen molar-refractivity contribution in [3.05, 3.63) is 0 Å². The fourth-order valence-electron chi connectivity index (χ4n) is 3.46. The maximum atomic E-state index is 12.6. The minimum atomic E-state index is -4.11. The molecule has 0 aromatic carbocycles. The highest BCUT2D eigenvalue weighted by Crippen LogP contribution is 2.29. The van der Waals surface area contributed by atoms with E-state index in [1.54, 1.807) is 0 Å². The van der Waals surface area contributed by atoms with Crippen molar-refractivity contribution < 1.29 is 25.6 Å². The highest BCUT2D eigenvalue weighted by atomic mass is 32.2. The number of hydrogen-bond donors (Lipinski definition) is 2. The van der Waals surface area contributed by atoms with Gasteiger partial charge in [-0.25, -0.2) is 13.1 Å². The van der Waals surface area contributed by atoms with Crippen molar-refractivity contribution in [1.82, 2.24) is 4.72 Å². The summed E-state index contributed by atoms with van der Waals surface area (Å²) in [6.45, 7) is 0. The van der Waals surface area contributed by atoms with Gasteiger partial charge in [-0.15, -0.1) is 0 Å². The zero-order chi connectivity index (χ0) is 17.1. The van der Waals surface area contributed by atoms with Crippen molar-refractivity contribution in [2.45, 2.75) is 74.0 Å². The van der Waals surface area contributed by atoms with Gasteiger partial charge in [-0.2, -0.15) is 8.42 Å². The molecule has 0 spiro atoms. The second-order valence-corrected chi connectivity index (χ2v) is 10.6. The van der Waals surface area contributed by atoms with Crippen molar-refractivity contribution in [1.29, 1.82) is 0 Å². The summed E-state index contributed by atoms with van der Waals surface area (Å²) in [6, 6.07) is -0.428. The summed E-state index contributed by atoms with van der Waals surface area (Å²) in [5, 5.41) is -1.37. The second-order valence-electron chi connectivity index (χ2n) is 6.34. The minimum Gasteiger partial charge on any atom is -0.312 e. The fraction of sp³-hybridized carbons (Fsp3) is 1.00. The third-order valence-electron chi connectivity index (χ3n) is 4.63.